The van der Waals surface area contributed by atoms with E-state index in [-0.39, 0.29) is 11.8 Å². The fourth-order valence-corrected chi connectivity index (χ4v) is 3.67. The van der Waals surface area contributed by atoms with E-state index in [0.717, 1.165) is 31.2 Å². The Morgan fingerprint density at radius 3 is 3.11 bits per heavy atom. The number of nitriles is 1. The van der Waals surface area contributed by atoms with Gasteiger partial charge >= 0.3 is 0 Å². The number of nitrogens with zero attached hydrogens (tertiary/aromatic N) is 5. The number of carbonyl (C=O) groups is 1. The highest BCUT2D eigenvalue weighted by Crippen LogP contribution is 2.34. The topological polar surface area (TPSA) is 109 Å². The molecule has 27 heavy (non-hydrogen) atoms. The Hall–Kier alpha value is -3.21. The van der Waals surface area contributed by atoms with Crippen LogP contribution in [0.4, 0.5) is 5.82 Å². The van der Waals surface area contributed by atoms with Crippen LogP contribution in [-0.4, -0.2) is 25.4 Å². The van der Waals surface area contributed by atoms with Gasteiger partial charge in [-0.15, -0.1) is 0 Å². The van der Waals surface area contributed by atoms with Crippen molar-refractivity contribution in [1.82, 2.24) is 19.5 Å². The third kappa shape index (κ3) is 3.67. The zero-order valence-electron chi connectivity index (χ0n) is 15.1. The molecular weight excluding hydrogens is 344 g/mol. The summed E-state index contributed by atoms with van der Waals surface area (Å²) in [5, 5.41) is 15.5. The zero-order valence-corrected chi connectivity index (χ0v) is 15.1. The summed E-state index contributed by atoms with van der Waals surface area (Å²) in [6.45, 7) is 1.74. The summed E-state index contributed by atoms with van der Waals surface area (Å²) in [6.07, 6.45) is 7.82. The summed E-state index contributed by atoms with van der Waals surface area (Å²) in [6, 6.07) is 5.91. The quantitative estimate of drug-likeness (QED) is 0.743. The average Bonchev–Trinajstić information content (AvgIpc) is 3.38. The normalized spacial score (nSPS) is 19.3. The predicted octanol–water partition coefficient (Wildman–Crippen LogP) is 3.35. The molecule has 0 saturated heterocycles. The molecular formula is C19H20N6O2. The first-order chi connectivity index (χ1) is 13.1. The molecule has 3 heterocycles. The maximum atomic E-state index is 12.5. The van der Waals surface area contributed by atoms with Crippen LogP contribution in [0.15, 0.2) is 29.0 Å². The number of anilines is 1. The third-order valence-corrected chi connectivity index (χ3v) is 5.07. The fraction of sp³-hybridized carbons (Fsp3) is 0.421. The fourth-order valence-electron chi connectivity index (χ4n) is 3.67. The number of aryl methyl sites for hydroxylation is 1. The summed E-state index contributed by atoms with van der Waals surface area (Å²) in [5.74, 6) is 2.02. The van der Waals surface area contributed by atoms with Gasteiger partial charge in [-0.3, -0.25) is 4.79 Å². The number of amides is 1. The second-order valence-corrected chi connectivity index (χ2v) is 7.01. The highest BCUT2D eigenvalue weighted by atomic mass is 16.5. The molecule has 1 amide bonds. The summed E-state index contributed by atoms with van der Waals surface area (Å²) in [5.41, 5.74) is 1.50. The predicted molar refractivity (Wildman–Crippen MR) is 97.5 cm³/mol. The van der Waals surface area contributed by atoms with E-state index in [1.165, 1.54) is 0 Å². The van der Waals surface area contributed by atoms with Gasteiger partial charge < -0.3 is 14.2 Å². The van der Waals surface area contributed by atoms with Crippen LogP contribution in [0.3, 0.4) is 0 Å². The van der Waals surface area contributed by atoms with Crippen LogP contribution >= 0.6 is 0 Å². The molecule has 0 spiro atoms. The van der Waals surface area contributed by atoms with Crippen LogP contribution in [0, 0.1) is 30.1 Å². The highest BCUT2D eigenvalue weighted by molar-refractivity contribution is 5.92. The van der Waals surface area contributed by atoms with Gasteiger partial charge in [-0.2, -0.15) is 10.2 Å². The number of pyridine rings is 1. The molecule has 8 nitrogen and oxygen atoms in total. The molecule has 1 aliphatic rings. The minimum Gasteiger partial charge on any atom is -0.339 e. The van der Waals surface area contributed by atoms with Crippen LogP contribution < -0.4 is 5.32 Å². The van der Waals surface area contributed by atoms with Crippen molar-refractivity contribution in [3.05, 3.63) is 30.4 Å². The molecule has 3 aromatic rings. The summed E-state index contributed by atoms with van der Waals surface area (Å²) < 4.78 is 6.86. The molecule has 1 fully saturated rings. The zero-order chi connectivity index (χ0) is 18.8. The maximum absolute atomic E-state index is 12.5. The minimum atomic E-state index is -0.00336. The molecule has 0 aliphatic heterocycles. The lowest BCUT2D eigenvalue weighted by molar-refractivity contribution is -0.119. The van der Waals surface area contributed by atoms with E-state index in [1.807, 2.05) is 22.7 Å². The molecule has 138 valence electrons. The van der Waals surface area contributed by atoms with E-state index < -0.39 is 0 Å². The Balaban J connectivity index is 1.45. The largest absolute Gasteiger partial charge is 0.339 e. The van der Waals surface area contributed by atoms with Gasteiger partial charge in [0.2, 0.25) is 17.6 Å². The SMILES string of the molecule is Cc1nc(-c2ccn3cc(NC(=O)[C@H]4CCC(CCC#N)C4)nc3c2)no1. The first-order valence-electron chi connectivity index (χ1n) is 9.09. The molecule has 4 rings (SSSR count). The van der Waals surface area contributed by atoms with Gasteiger partial charge in [-0.25, -0.2) is 4.98 Å². The lowest BCUT2D eigenvalue weighted by atomic mass is 10.00. The standard InChI is InChI=1S/C19H20N6O2/c1-12-21-18(24-27-12)14-6-8-25-11-16(22-17(25)10-14)23-19(26)15-5-4-13(9-15)3-2-7-20/h6,8,10-11,13,15H,2-5,9H2,1H3,(H,23,26)/t13?,15-/m0/s1. The first kappa shape index (κ1) is 17.2. The van der Waals surface area contributed by atoms with Crippen molar-refractivity contribution in [2.75, 3.05) is 5.32 Å². The number of nitrogens with one attached hydrogen (secondary N) is 1. The van der Waals surface area contributed by atoms with Crippen LogP contribution in [-0.2, 0) is 4.79 Å². The molecule has 0 radical (unpaired) electrons. The summed E-state index contributed by atoms with van der Waals surface area (Å²) in [4.78, 5) is 21.3. The van der Waals surface area contributed by atoms with E-state index in [2.05, 4.69) is 26.5 Å². The molecule has 1 N–H and O–H groups in total. The van der Waals surface area contributed by atoms with Gasteiger partial charge in [0.05, 0.1) is 12.3 Å². The van der Waals surface area contributed by atoms with Crippen molar-refractivity contribution in [2.24, 2.45) is 11.8 Å². The number of imidazole rings is 1. The molecule has 1 aliphatic carbocycles. The van der Waals surface area contributed by atoms with E-state index >= 15 is 0 Å². The van der Waals surface area contributed by atoms with Crippen molar-refractivity contribution in [1.29, 1.82) is 5.26 Å². The van der Waals surface area contributed by atoms with E-state index in [0.29, 0.717) is 35.5 Å². The second kappa shape index (κ2) is 7.19. The molecule has 0 aromatic carbocycles. The van der Waals surface area contributed by atoms with Crippen LogP contribution in [0.25, 0.3) is 17.0 Å². The number of fused-ring (bicyclic) bond motifs is 1. The molecule has 8 heteroatoms. The van der Waals surface area contributed by atoms with Crippen molar-refractivity contribution >= 4 is 17.4 Å². The number of carbonyl (C=O) groups excluding carboxylic acids is 1. The van der Waals surface area contributed by atoms with E-state index in [4.69, 9.17) is 9.78 Å². The van der Waals surface area contributed by atoms with Crippen molar-refractivity contribution in [3.63, 3.8) is 0 Å². The highest BCUT2D eigenvalue weighted by Gasteiger charge is 2.29. The summed E-state index contributed by atoms with van der Waals surface area (Å²) in [7, 11) is 0. The number of aromatic nitrogens is 4. The molecule has 1 saturated carbocycles. The van der Waals surface area contributed by atoms with Gasteiger partial charge in [0.25, 0.3) is 0 Å². The molecule has 3 aromatic heterocycles. The minimum absolute atomic E-state index is 0.00336. The lowest BCUT2D eigenvalue weighted by Crippen LogP contribution is -2.20. The first-order valence-corrected chi connectivity index (χ1v) is 9.09. The summed E-state index contributed by atoms with van der Waals surface area (Å²) >= 11 is 0. The van der Waals surface area contributed by atoms with Gasteiger partial charge in [-0.1, -0.05) is 5.16 Å². The number of hydrogen-bond donors (Lipinski definition) is 1. The average molecular weight is 364 g/mol. The molecule has 2 atom stereocenters. The van der Waals surface area contributed by atoms with Crippen molar-refractivity contribution in [3.8, 4) is 17.5 Å². The Bertz CT molecular complexity index is 1010. The Morgan fingerprint density at radius 2 is 2.33 bits per heavy atom. The maximum Gasteiger partial charge on any atom is 0.228 e. The van der Waals surface area contributed by atoms with Gasteiger partial charge in [0.1, 0.15) is 5.65 Å². The van der Waals surface area contributed by atoms with Crippen LogP contribution in [0.2, 0.25) is 0 Å². The van der Waals surface area contributed by atoms with Crippen molar-refractivity contribution < 1.29 is 9.32 Å². The van der Waals surface area contributed by atoms with E-state index in [1.54, 1.807) is 13.1 Å². The third-order valence-electron chi connectivity index (χ3n) is 5.07. The monoisotopic (exact) mass is 364 g/mol. The molecule has 1 unspecified atom stereocenters. The van der Waals surface area contributed by atoms with Crippen LogP contribution in [0.1, 0.15) is 38.0 Å². The number of hydrogen-bond acceptors (Lipinski definition) is 6. The Morgan fingerprint density at radius 1 is 1.44 bits per heavy atom. The smallest absolute Gasteiger partial charge is 0.228 e. The number of rotatable bonds is 5. The van der Waals surface area contributed by atoms with Gasteiger partial charge in [0, 0.05) is 31.0 Å². The van der Waals surface area contributed by atoms with E-state index in [9.17, 15) is 4.79 Å². The second-order valence-electron chi connectivity index (χ2n) is 7.01. The Labute approximate surface area is 156 Å². The molecule has 0 bridgehead atoms. The van der Waals surface area contributed by atoms with Crippen molar-refractivity contribution in [2.45, 2.75) is 39.0 Å². The van der Waals surface area contributed by atoms with Gasteiger partial charge in [0.15, 0.2) is 5.82 Å². The lowest BCUT2D eigenvalue weighted by Gasteiger charge is -2.09. The Kier molecular flexibility index (Phi) is 4.59. The van der Waals surface area contributed by atoms with Gasteiger partial charge in [-0.05, 0) is 43.7 Å². The van der Waals surface area contributed by atoms with Crippen LogP contribution in [0.5, 0.6) is 0 Å².